The minimum atomic E-state index is 0.107. The summed E-state index contributed by atoms with van der Waals surface area (Å²) in [6.45, 7) is 1.61. The SMILES string of the molecule is O=C(c1cccc2ncccc12)N1CCC(Br)C1. The Morgan fingerprint density at radius 3 is 3.00 bits per heavy atom. The first-order chi connectivity index (χ1) is 8.75. The number of rotatable bonds is 1. The molecule has 0 saturated carbocycles. The van der Waals surface area contributed by atoms with Gasteiger partial charge < -0.3 is 4.90 Å². The van der Waals surface area contributed by atoms with Crippen LogP contribution in [0.4, 0.5) is 0 Å². The molecule has 1 fully saturated rings. The zero-order valence-corrected chi connectivity index (χ0v) is 11.4. The molecule has 3 nitrogen and oxygen atoms in total. The number of benzene rings is 1. The van der Waals surface area contributed by atoms with Crippen molar-refractivity contribution in [2.75, 3.05) is 13.1 Å². The average Bonchev–Trinajstić information content (AvgIpc) is 2.84. The van der Waals surface area contributed by atoms with Crippen LogP contribution in [0.3, 0.4) is 0 Å². The second-order valence-electron chi connectivity index (χ2n) is 4.51. The Balaban J connectivity index is 2.01. The van der Waals surface area contributed by atoms with Gasteiger partial charge in [-0.3, -0.25) is 9.78 Å². The van der Waals surface area contributed by atoms with Gasteiger partial charge in [-0.25, -0.2) is 0 Å². The number of halogens is 1. The first-order valence-corrected chi connectivity index (χ1v) is 6.94. The first-order valence-electron chi connectivity index (χ1n) is 6.03. The van der Waals surface area contributed by atoms with Crippen molar-refractivity contribution in [3.05, 3.63) is 42.1 Å². The van der Waals surface area contributed by atoms with Gasteiger partial charge in [0, 0.05) is 35.1 Å². The molecule has 2 heterocycles. The van der Waals surface area contributed by atoms with Gasteiger partial charge in [0.2, 0.25) is 0 Å². The Morgan fingerprint density at radius 2 is 2.22 bits per heavy atom. The van der Waals surface area contributed by atoms with Crippen LogP contribution in [0, 0.1) is 0 Å². The smallest absolute Gasteiger partial charge is 0.254 e. The van der Waals surface area contributed by atoms with Crippen molar-refractivity contribution < 1.29 is 4.79 Å². The van der Waals surface area contributed by atoms with Crippen LogP contribution in [0.2, 0.25) is 0 Å². The number of alkyl halides is 1. The first kappa shape index (κ1) is 11.7. The molecular weight excluding hydrogens is 292 g/mol. The molecule has 1 atom stereocenters. The maximum absolute atomic E-state index is 12.5. The van der Waals surface area contributed by atoms with Gasteiger partial charge in [0.1, 0.15) is 0 Å². The lowest BCUT2D eigenvalue weighted by atomic mass is 10.1. The summed E-state index contributed by atoms with van der Waals surface area (Å²) >= 11 is 3.56. The molecule has 1 amide bonds. The lowest BCUT2D eigenvalue weighted by molar-refractivity contribution is 0.0795. The fourth-order valence-corrected chi connectivity index (χ4v) is 2.92. The van der Waals surface area contributed by atoms with E-state index in [1.54, 1.807) is 6.20 Å². The van der Waals surface area contributed by atoms with Crippen LogP contribution in [0.15, 0.2) is 36.5 Å². The van der Waals surface area contributed by atoms with E-state index in [0.29, 0.717) is 4.83 Å². The molecule has 1 aromatic carbocycles. The molecule has 1 aromatic heterocycles. The molecule has 1 saturated heterocycles. The lowest BCUT2D eigenvalue weighted by Gasteiger charge is -2.16. The van der Waals surface area contributed by atoms with Crippen molar-refractivity contribution >= 4 is 32.7 Å². The Hall–Kier alpha value is -1.42. The Kier molecular flexibility index (Phi) is 3.04. The fourth-order valence-electron chi connectivity index (χ4n) is 2.36. The maximum atomic E-state index is 12.5. The fraction of sp³-hybridized carbons (Fsp3) is 0.286. The number of likely N-dealkylation sites (tertiary alicyclic amines) is 1. The predicted molar refractivity (Wildman–Crippen MR) is 75.0 cm³/mol. The van der Waals surface area contributed by atoms with Crippen molar-refractivity contribution in [3.63, 3.8) is 0 Å². The van der Waals surface area contributed by atoms with Crippen LogP contribution < -0.4 is 0 Å². The van der Waals surface area contributed by atoms with Gasteiger partial charge in [-0.15, -0.1) is 0 Å². The van der Waals surface area contributed by atoms with Crippen molar-refractivity contribution in [3.8, 4) is 0 Å². The standard InChI is InChI=1S/C14H13BrN2O/c15-10-6-8-17(9-10)14(18)12-3-1-5-13-11(12)4-2-7-16-13/h1-5,7,10H,6,8-9H2. The van der Waals surface area contributed by atoms with Crippen molar-refractivity contribution in [1.82, 2.24) is 9.88 Å². The summed E-state index contributed by atoms with van der Waals surface area (Å²) in [6.07, 6.45) is 2.77. The van der Waals surface area contributed by atoms with E-state index in [9.17, 15) is 4.79 Å². The second kappa shape index (κ2) is 4.69. The molecule has 18 heavy (non-hydrogen) atoms. The van der Waals surface area contributed by atoms with Crippen LogP contribution >= 0.6 is 15.9 Å². The van der Waals surface area contributed by atoms with Crippen molar-refractivity contribution in [1.29, 1.82) is 0 Å². The van der Waals surface area contributed by atoms with E-state index in [1.165, 1.54) is 0 Å². The zero-order chi connectivity index (χ0) is 12.5. The van der Waals surface area contributed by atoms with Gasteiger partial charge >= 0.3 is 0 Å². The molecule has 1 aliphatic heterocycles. The molecule has 4 heteroatoms. The molecule has 3 rings (SSSR count). The number of hydrogen-bond acceptors (Lipinski definition) is 2. The third kappa shape index (κ3) is 2.01. The lowest BCUT2D eigenvalue weighted by Crippen LogP contribution is -2.28. The highest BCUT2D eigenvalue weighted by molar-refractivity contribution is 9.09. The molecule has 1 aliphatic rings. The number of fused-ring (bicyclic) bond motifs is 1. The number of carbonyl (C=O) groups is 1. The molecule has 92 valence electrons. The van der Waals surface area contributed by atoms with Crippen LogP contribution in [0.5, 0.6) is 0 Å². The monoisotopic (exact) mass is 304 g/mol. The van der Waals surface area contributed by atoms with Gasteiger partial charge in [-0.05, 0) is 24.6 Å². The molecule has 0 N–H and O–H groups in total. The summed E-state index contributed by atoms with van der Waals surface area (Å²) < 4.78 is 0. The third-order valence-corrected chi connectivity index (χ3v) is 4.04. The molecule has 1 unspecified atom stereocenters. The van der Waals surface area contributed by atoms with E-state index in [2.05, 4.69) is 20.9 Å². The van der Waals surface area contributed by atoms with Gasteiger partial charge in [0.05, 0.1) is 5.52 Å². The Morgan fingerprint density at radius 1 is 1.33 bits per heavy atom. The quantitative estimate of drug-likeness (QED) is 0.759. The predicted octanol–water partition coefficient (Wildman–Crippen LogP) is 2.84. The van der Waals surface area contributed by atoms with Crippen LogP contribution in [-0.4, -0.2) is 33.7 Å². The number of hydrogen-bond donors (Lipinski definition) is 0. The number of carbonyl (C=O) groups excluding carboxylic acids is 1. The number of pyridine rings is 1. The van der Waals surface area contributed by atoms with E-state index >= 15 is 0 Å². The summed E-state index contributed by atoms with van der Waals surface area (Å²) in [5, 5.41) is 0.933. The Labute approximate surface area is 114 Å². The van der Waals surface area contributed by atoms with E-state index in [1.807, 2.05) is 35.2 Å². The van der Waals surface area contributed by atoms with E-state index in [0.717, 1.165) is 36.0 Å². The van der Waals surface area contributed by atoms with Gasteiger partial charge in [0.15, 0.2) is 0 Å². The molecule has 2 aromatic rings. The molecule has 0 bridgehead atoms. The highest BCUT2D eigenvalue weighted by Gasteiger charge is 2.25. The summed E-state index contributed by atoms with van der Waals surface area (Å²) in [5.41, 5.74) is 1.63. The number of aromatic nitrogens is 1. The second-order valence-corrected chi connectivity index (χ2v) is 5.81. The van der Waals surface area contributed by atoms with Crippen LogP contribution in [0.25, 0.3) is 10.9 Å². The normalized spacial score (nSPS) is 19.4. The largest absolute Gasteiger partial charge is 0.337 e. The molecule has 0 aliphatic carbocycles. The van der Waals surface area contributed by atoms with Gasteiger partial charge in [-0.1, -0.05) is 28.1 Å². The highest BCUT2D eigenvalue weighted by atomic mass is 79.9. The number of nitrogens with zero attached hydrogens (tertiary/aromatic N) is 2. The molecular formula is C14H13BrN2O. The van der Waals surface area contributed by atoms with E-state index in [-0.39, 0.29) is 5.91 Å². The van der Waals surface area contributed by atoms with Gasteiger partial charge in [0.25, 0.3) is 5.91 Å². The summed E-state index contributed by atoms with van der Waals surface area (Å²) in [4.78, 5) is 19.1. The summed E-state index contributed by atoms with van der Waals surface area (Å²) in [7, 11) is 0. The third-order valence-electron chi connectivity index (χ3n) is 3.29. The van der Waals surface area contributed by atoms with E-state index in [4.69, 9.17) is 0 Å². The van der Waals surface area contributed by atoms with Gasteiger partial charge in [-0.2, -0.15) is 0 Å². The minimum Gasteiger partial charge on any atom is -0.337 e. The molecule has 0 radical (unpaired) electrons. The van der Waals surface area contributed by atoms with Crippen LogP contribution in [-0.2, 0) is 0 Å². The van der Waals surface area contributed by atoms with Crippen molar-refractivity contribution in [2.24, 2.45) is 0 Å². The van der Waals surface area contributed by atoms with E-state index < -0.39 is 0 Å². The topological polar surface area (TPSA) is 33.2 Å². The Bertz CT molecular complexity index is 594. The average molecular weight is 305 g/mol. The zero-order valence-electron chi connectivity index (χ0n) is 9.84. The maximum Gasteiger partial charge on any atom is 0.254 e. The summed E-state index contributed by atoms with van der Waals surface area (Å²) in [5.74, 6) is 0.107. The number of amides is 1. The van der Waals surface area contributed by atoms with Crippen molar-refractivity contribution in [2.45, 2.75) is 11.2 Å². The highest BCUT2D eigenvalue weighted by Crippen LogP contribution is 2.22. The summed E-state index contributed by atoms with van der Waals surface area (Å²) in [6, 6.07) is 9.54. The van der Waals surface area contributed by atoms with Crippen LogP contribution in [0.1, 0.15) is 16.8 Å². The molecule has 0 spiro atoms. The minimum absolute atomic E-state index is 0.107.